The molecule has 3 heteroatoms. The largest absolute Gasteiger partial charge is 0.324 e. The fraction of sp³-hybridized carbons (Fsp3) is 0.556. The van der Waals surface area contributed by atoms with Gasteiger partial charge in [0.05, 0.1) is 6.07 Å². The fourth-order valence-electron chi connectivity index (χ4n) is 3.16. The number of aryl methyl sites for hydroxylation is 2. The third kappa shape index (κ3) is 3.26. The lowest BCUT2D eigenvalue weighted by molar-refractivity contribution is -0.123. The van der Waals surface area contributed by atoms with Gasteiger partial charge in [-0.2, -0.15) is 5.26 Å². The molecule has 0 radical (unpaired) electrons. The quantitative estimate of drug-likeness (QED) is 0.838. The van der Waals surface area contributed by atoms with Crippen LogP contribution < -0.4 is 5.32 Å². The molecule has 0 heterocycles. The Balaban J connectivity index is 2.26. The second-order valence-corrected chi connectivity index (χ2v) is 6.02. The molecular weight excluding hydrogens is 260 g/mol. The second kappa shape index (κ2) is 6.76. The number of nitrogens with one attached hydrogen (secondary N) is 1. The number of hydrogen-bond acceptors (Lipinski definition) is 2. The maximum atomic E-state index is 12.8. The predicted molar refractivity (Wildman–Crippen MR) is 84.9 cm³/mol. The van der Waals surface area contributed by atoms with E-state index in [1.807, 2.05) is 25.1 Å². The van der Waals surface area contributed by atoms with Crippen molar-refractivity contribution in [2.45, 2.75) is 58.8 Å². The number of benzene rings is 1. The Morgan fingerprint density at radius 3 is 2.52 bits per heavy atom. The van der Waals surface area contributed by atoms with Crippen molar-refractivity contribution >= 4 is 11.6 Å². The summed E-state index contributed by atoms with van der Waals surface area (Å²) in [5.41, 5.74) is 2.24. The number of para-hydroxylation sites is 1. The summed E-state index contributed by atoms with van der Waals surface area (Å²) in [6.07, 6.45) is 6.43. The first-order valence-electron chi connectivity index (χ1n) is 7.94. The van der Waals surface area contributed by atoms with Crippen molar-refractivity contribution in [3.05, 3.63) is 29.3 Å². The van der Waals surface area contributed by atoms with Crippen LogP contribution in [0.4, 0.5) is 5.69 Å². The Bertz CT molecular complexity index is 549. The van der Waals surface area contributed by atoms with Crippen molar-refractivity contribution in [1.29, 1.82) is 5.26 Å². The van der Waals surface area contributed by atoms with E-state index in [0.29, 0.717) is 12.8 Å². The molecule has 0 saturated heterocycles. The molecule has 1 amide bonds. The fourth-order valence-corrected chi connectivity index (χ4v) is 3.16. The first kappa shape index (κ1) is 15.6. The molecule has 21 heavy (non-hydrogen) atoms. The molecule has 1 fully saturated rings. The van der Waals surface area contributed by atoms with E-state index in [1.165, 1.54) is 0 Å². The molecule has 1 aromatic carbocycles. The number of hydrogen-bond donors (Lipinski definition) is 1. The highest BCUT2D eigenvalue weighted by atomic mass is 16.2. The SMILES string of the molecule is CCc1cccc(C)c1NC(=O)C1(C#N)CCCCCC1. The number of carbonyl (C=O) groups excluding carboxylic acids is 1. The van der Waals surface area contributed by atoms with Crippen LogP contribution in [-0.4, -0.2) is 5.91 Å². The zero-order chi connectivity index (χ0) is 15.3. The molecule has 1 saturated carbocycles. The van der Waals surface area contributed by atoms with E-state index in [1.54, 1.807) is 0 Å². The Hall–Kier alpha value is -1.82. The molecule has 1 N–H and O–H groups in total. The normalized spacial score (nSPS) is 17.6. The van der Waals surface area contributed by atoms with Crippen molar-refractivity contribution in [2.75, 3.05) is 5.32 Å². The highest BCUT2D eigenvalue weighted by Gasteiger charge is 2.39. The predicted octanol–water partition coefficient (Wildman–Crippen LogP) is 4.36. The van der Waals surface area contributed by atoms with Crippen molar-refractivity contribution in [3.63, 3.8) is 0 Å². The Morgan fingerprint density at radius 2 is 1.95 bits per heavy atom. The summed E-state index contributed by atoms with van der Waals surface area (Å²) in [6.45, 7) is 4.08. The smallest absolute Gasteiger partial charge is 0.244 e. The molecule has 0 spiro atoms. The zero-order valence-corrected chi connectivity index (χ0v) is 13.0. The molecule has 3 nitrogen and oxygen atoms in total. The Labute approximate surface area is 127 Å². The molecule has 112 valence electrons. The number of amides is 1. The van der Waals surface area contributed by atoms with Gasteiger partial charge >= 0.3 is 0 Å². The Morgan fingerprint density at radius 1 is 1.29 bits per heavy atom. The number of carbonyl (C=O) groups is 1. The van der Waals surface area contributed by atoms with Gasteiger partial charge < -0.3 is 5.32 Å². The number of nitriles is 1. The van der Waals surface area contributed by atoms with Crippen LogP contribution in [0.25, 0.3) is 0 Å². The first-order valence-corrected chi connectivity index (χ1v) is 7.94. The van der Waals surface area contributed by atoms with Gasteiger partial charge in [-0.15, -0.1) is 0 Å². The van der Waals surface area contributed by atoms with E-state index in [0.717, 1.165) is 48.9 Å². The number of anilines is 1. The molecule has 1 aromatic rings. The average molecular weight is 284 g/mol. The van der Waals surface area contributed by atoms with Crippen LogP contribution in [0.2, 0.25) is 0 Å². The summed E-state index contributed by atoms with van der Waals surface area (Å²) in [5, 5.41) is 12.7. The molecule has 0 atom stereocenters. The van der Waals surface area contributed by atoms with Crippen LogP contribution in [0.1, 0.15) is 56.6 Å². The first-order chi connectivity index (χ1) is 10.1. The molecule has 0 aromatic heterocycles. The summed E-state index contributed by atoms with van der Waals surface area (Å²) < 4.78 is 0. The van der Waals surface area contributed by atoms with E-state index < -0.39 is 5.41 Å². The van der Waals surface area contributed by atoms with Crippen LogP contribution in [0.15, 0.2) is 18.2 Å². The lowest BCUT2D eigenvalue weighted by Gasteiger charge is -2.25. The summed E-state index contributed by atoms with van der Waals surface area (Å²) in [7, 11) is 0. The molecule has 1 aliphatic carbocycles. The van der Waals surface area contributed by atoms with E-state index in [9.17, 15) is 10.1 Å². The van der Waals surface area contributed by atoms with E-state index in [-0.39, 0.29) is 5.91 Å². The lowest BCUT2D eigenvalue weighted by atomic mass is 9.80. The molecule has 0 bridgehead atoms. The minimum absolute atomic E-state index is 0.115. The van der Waals surface area contributed by atoms with Crippen LogP contribution in [0, 0.1) is 23.7 Å². The zero-order valence-electron chi connectivity index (χ0n) is 13.0. The summed E-state index contributed by atoms with van der Waals surface area (Å²) in [6, 6.07) is 8.37. The molecule has 0 aliphatic heterocycles. The number of rotatable bonds is 3. The van der Waals surface area contributed by atoms with Gasteiger partial charge in [0, 0.05) is 5.69 Å². The van der Waals surface area contributed by atoms with E-state index in [2.05, 4.69) is 18.3 Å². The van der Waals surface area contributed by atoms with E-state index in [4.69, 9.17) is 0 Å². The summed E-state index contributed by atoms with van der Waals surface area (Å²) >= 11 is 0. The van der Waals surface area contributed by atoms with Gasteiger partial charge in [-0.1, -0.05) is 50.8 Å². The Kier molecular flexibility index (Phi) is 5.01. The monoisotopic (exact) mass is 284 g/mol. The maximum Gasteiger partial charge on any atom is 0.244 e. The van der Waals surface area contributed by atoms with Crippen LogP contribution in [0.5, 0.6) is 0 Å². The minimum atomic E-state index is -0.843. The van der Waals surface area contributed by atoms with Crippen molar-refractivity contribution in [2.24, 2.45) is 5.41 Å². The molecular formula is C18H24N2O. The number of nitrogens with zero attached hydrogens (tertiary/aromatic N) is 1. The van der Waals surface area contributed by atoms with Gasteiger partial charge in [-0.25, -0.2) is 0 Å². The van der Waals surface area contributed by atoms with Crippen LogP contribution in [-0.2, 0) is 11.2 Å². The van der Waals surface area contributed by atoms with E-state index >= 15 is 0 Å². The molecule has 1 aliphatic rings. The standard InChI is InChI=1S/C18H24N2O/c1-3-15-10-8-9-14(2)16(15)20-17(21)18(13-19)11-6-4-5-7-12-18/h8-10H,3-7,11-12H2,1-2H3,(H,20,21). The minimum Gasteiger partial charge on any atom is -0.324 e. The molecule has 0 unspecified atom stereocenters. The van der Waals surface area contributed by atoms with Crippen LogP contribution >= 0.6 is 0 Å². The summed E-state index contributed by atoms with van der Waals surface area (Å²) in [4.78, 5) is 12.8. The van der Waals surface area contributed by atoms with Crippen LogP contribution in [0.3, 0.4) is 0 Å². The van der Waals surface area contributed by atoms with Gasteiger partial charge in [0.1, 0.15) is 5.41 Å². The van der Waals surface area contributed by atoms with Crippen molar-refractivity contribution in [1.82, 2.24) is 0 Å². The van der Waals surface area contributed by atoms with Gasteiger partial charge in [0.15, 0.2) is 0 Å². The highest BCUT2D eigenvalue weighted by molar-refractivity contribution is 5.98. The highest BCUT2D eigenvalue weighted by Crippen LogP contribution is 2.36. The van der Waals surface area contributed by atoms with Gasteiger partial charge in [-0.05, 0) is 37.3 Å². The second-order valence-electron chi connectivity index (χ2n) is 6.02. The average Bonchev–Trinajstić information content (AvgIpc) is 2.75. The third-order valence-electron chi connectivity index (χ3n) is 4.58. The van der Waals surface area contributed by atoms with Gasteiger partial charge in [-0.3, -0.25) is 4.79 Å². The lowest BCUT2D eigenvalue weighted by Crippen LogP contribution is -2.35. The molecule has 2 rings (SSSR count). The maximum absolute atomic E-state index is 12.8. The third-order valence-corrected chi connectivity index (χ3v) is 4.58. The van der Waals surface area contributed by atoms with Gasteiger partial charge in [0.25, 0.3) is 0 Å². The van der Waals surface area contributed by atoms with Gasteiger partial charge in [0.2, 0.25) is 5.91 Å². The summed E-state index contributed by atoms with van der Waals surface area (Å²) in [5.74, 6) is -0.115. The van der Waals surface area contributed by atoms with Crippen molar-refractivity contribution < 1.29 is 4.79 Å². The van der Waals surface area contributed by atoms with Crippen molar-refractivity contribution in [3.8, 4) is 6.07 Å². The topological polar surface area (TPSA) is 52.9 Å².